The number of hydrogen-bond acceptors (Lipinski definition) is 2. The van der Waals surface area contributed by atoms with Crippen LogP contribution in [0.5, 0.6) is 0 Å². The highest BCUT2D eigenvalue weighted by molar-refractivity contribution is 5.85. The summed E-state index contributed by atoms with van der Waals surface area (Å²) in [5, 5.41) is 5.33. The number of hydrogen-bond donors (Lipinski definition) is 2. The molecule has 3 nitrogen and oxygen atoms in total. The third-order valence-electron chi connectivity index (χ3n) is 8.71. The van der Waals surface area contributed by atoms with Crippen LogP contribution in [0.2, 0.25) is 0 Å². The van der Waals surface area contributed by atoms with Crippen LogP contribution >= 0.6 is 0 Å². The molecule has 3 heteroatoms. The molecule has 2 aliphatic carbocycles. The lowest BCUT2D eigenvalue weighted by Crippen LogP contribution is -2.38. The van der Waals surface area contributed by atoms with E-state index >= 15 is 0 Å². The number of aromatic nitrogens is 1. The predicted molar refractivity (Wildman–Crippen MR) is 149 cm³/mol. The largest absolute Gasteiger partial charge is 0.347 e. The Labute approximate surface area is 212 Å². The second-order valence-electron chi connectivity index (χ2n) is 11.4. The van der Waals surface area contributed by atoms with E-state index in [0.29, 0.717) is 18.0 Å². The lowest BCUT2D eigenvalue weighted by Gasteiger charge is -2.28. The minimum Gasteiger partial charge on any atom is -0.347 e. The predicted octanol–water partition coefficient (Wildman–Crippen LogP) is 7.30. The maximum Gasteiger partial charge on any atom is 0.0483 e. The van der Waals surface area contributed by atoms with Gasteiger partial charge in [0, 0.05) is 41.6 Å². The van der Waals surface area contributed by atoms with Crippen molar-refractivity contribution in [3.05, 3.63) is 71.4 Å². The second kappa shape index (κ2) is 11.8. The minimum atomic E-state index is 0.410. The van der Waals surface area contributed by atoms with Crippen LogP contribution in [-0.2, 0) is 6.54 Å². The topological polar surface area (TPSA) is 43.0 Å². The molecule has 1 heterocycles. The van der Waals surface area contributed by atoms with Crippen LogP contribution in [0.4, 0.5) is 0 Å². The summed E-state index contributed by atoms with van der Waals surface area (Å²) in [5.41, 5.74) is 11.9. The third kappa shape index (κ3) is 6.19. The fourth-order valence-electron chi connectivity index (χ4n) is 6.67. The second-order valence-corrected chi connectivity index (χ2v) is 11.4. The summed E-state index contributed by atoms with van der Waals surface area (Å²) in [6, 6.07) is 19.4. The highest BCUT2D eigenvalue weighted by atomic mass is 15.0. The lowest BCUT2D eigenvalue weighted by molar-refractivity contribution is 0.340. The molecule has 5 rings (SSSR count). The Bertz CT molecular complexity index is 1070. The highest BCUT2D eigenvalue weighted by Gasteiger charge is 2.23. The van der Waals surface area contributed by atoms with Crippen LogP contribution in [0.25, 0.3) is 10.9 Å². The van der Waals surface area contributed by atoms with Crippen molar-refractivity contribution in [2.75, 3.05) is 6.54 Å². The Morgan fingerprint density at radius 2 is 1.69 bits per heavy atom. The number of para-hydroxylation sites is 1. The first-order valence-corrected chi connectivity index (χ1v) is 14.3. The fraction of sp³-hybridized carbons (Fsp3) is 0.562. The van der Waals surface area contributed by atoms with Crippen molar-refractivity contribution >= 4 is 10.9 Å². The van der Waals surface area contributed by atoms with E-state index in [9.17, 15) is 0 Å². The summed E-state index contributed by atoms with van der Waals surface area (Å²) in [6.07, 6.45) is 16.8. The number of rotatable bonds is 8. The molecule has 35 heavy (non-hydrogen) atoms. The molecule has 1 atom stereocenters. The summed E-state index contributed by atoms with van der Waals surface area (Å²) < 4.78 is 2.60. The lowest BCUT2D eigenvalue weighted by atomic mass is 9.87. The molecule has 3 aromatic rings. The zero-order valence-electron chi connectivity index (χ0n) is 21.7. The smallest absolute Gasteiger partial charge is 0.0483 e. The van der Waals surface area contributed by atoms with Crippen molar-refractivity contribution in [3.63, 3.8) is 0 Å². The SMILES string of the molecule is Cc1cccc(C(CCN[C@H]2CC[C@H](N)CC2)c2cn(CC3CCCCCC3)c3ccccc23)c1. The van der Waals surface area contributed by atoms with Gasteiger partial charge in [-0.15, -0.1) is 0 Å². The molecule has 0 saturated heterocycles. The molecular weight excluding hydrogens is 426 g/mol. The van der Waals surface area contributed by atoms with Crippen molar-refractivity contribution in [1.82, 2.24) is 9.88 Å². The van der Waals surface area contributed by atoms with Crippen LogP contribution in [-0.4, -0.2) is 23.2 Å². The maximum atomic E-state index is 6.14. The molecule has 2 fully saturated rings. The Balaban J connectivity index is 1.41. The molecule has 2 aliphatic rings. The molecule has 2 saturated carbocycles. The fourth-order valence-corrected chi connectivity index (χ4v) is 6.67. The summed E-state index contributed by atoms with van der Waals surface area (Å²) in [4.78, 5) is 0. The molecule has 0 spiro atoms. The van der Waals surface area contributed by atoms with Gasteiger partial charge < -0.3 is 15.6 Å². The third-order valence-corrected chi connectivity index (χ3v) is 8.71. The summed E-state index contributed by atoms with van der Waals surface area (Å²) >= 11 is 0. The normalized spacial score (nSPS) is 22.8. The molecule has 2 aromatic carbocycles. The number of aryl methyl sites for hydroxylation is 1. The Hall–Kier alpha value is -2.10. The molecular formula is C32H45N3. The molecule has 0 bridgehead atoms. The van der Waals surface area contributed by atoms with Gasteiger partial charge in [-0.3, -0.25) is 0 Å². The van der Waals surface area contributed by atoms with Crippen molar-refractivity contribution in [1.29, 1.82) is 0 Å². The van der Waals surface area contributed by atoms with Gasteiger partial charge in [0.2, 0.25) is 0 Å². The van der Waals surface area contributed by atoms with Gasteiger partial charge in [0.1, 0.15) is 0 Å². The molecule has 0 aliphatic heterocycles. The molecule has 1 aromatic heterocycles. The van der Waals surface area contributed by atoms with Gasteiger partial charge in [0.25, 0.3) is 0 Å². The number of benzene rings is 2. The maximum absolute atomic E-state index is 6.14. The van der Waals surface area contributed by atoms with Crippen molar-refractivity contribution < 1.29 is 0 Å². The van der Waals surface area contributed by atoms with E-state index in [-0.39, 0.29) is 0 Å². The van der Waals surface area contributed by atoms with E-state index in [1.807, 2.05) is 0 Å². The molecule has 0 amide bonds. The van der Waals surface area contributed by atoms with Gasteiger partial charge in [0.05, 0.1) is 0 Å². The van der Waals surface area contributed by atoms with Crippen LogP contribution in [0, 0.1) is 12.8 Å². The average molecular weight is 472 g/mol. The van der Waals surface area contributed by atoms with E-state index in [1.54, 1.807) is 0 Å². The summed E-state index contributed by atoms with van der Waals surface area (Å²) in [7, 11) is 0. The van der Waals surface area contributed by atoms with Gasteiger partial charge in [-0.05, 0) is 81.5 Å². The first kappa shape index (κ1) is 24.6. The molecule has 1 unspecified atom stereocenters. The van der Waals surface area contributed by atoms with Crippen molar-refractivity contribution in [2.24, 2.45) is 11.7 Å². The van der Waals surface area contributed by atoms with E-state index in [0.717, 1.165) is 31.7 Å². The van der Waals surface area contributed by atoms with Crippen LogP contribution in [0.15, 0.2) is 54.7 Å². The Morgan fingerprint density at radius 1 is 0.914 bits per heavy atom. The standard InChI is InChI=1S/C32H45N3/c1-24-9-8-12-26(21-24)29(19-20-34-28-17-15-27(33)16-18-28)31-23-35(32-14-7-6-13-30(31)32)22-25-10-4-2-3-5-11-25/h6-9,12-14,21,23,25,27-29,34H,2-5,10-11,15-20,22,33H2,1H3/t27-,28-,29?. The number of nitrogens with two attached hydrogens (primary N) is 1. The summed E-state index contributed by atoms with van der Waals surface area (Å²) in [6.45, 7) is 4.45. The van der Waals surface area contributed by atoms with E-state index in [4.69, 9.17) is 5.73 Å². The van der Waals surface area contributed by atoms with E-state index < -0.39 is 0 Å². The Morgan fingerprint density at radius 3 is 2.46 bits per heavy atom. The molecule has 3 N–H and O–H groups in total. The number of fused-ring (bicyclic) bond motifs is 1. The summed E-state index contributed by atoms with van der Waals surface area (Å²) in [5.74, 6) is 1.23. The van der Waals surface area contributed by atoms with E-state index in [2.05, 4.69) is 71.5 Å². The zero-order valence-corrected chi connectivity index (χ0v) is 21.7. The first-order chi connectivity index (χ1) is 17.2. The van der Waals surface area contributed by atoms with Gasteiger partial charge in [-0.25, -0.2) is 0 Å². The van der Waals surface area contributed by atoms with Crippen LogP contribution in [0.3, 0.4) is 0 Å². The van der Waals surface area contributed by atoms with Gasteiger partial charge in [-0.2, -0.15) is 0 Å². The quantitative estimate of drug-likeness (QED) is 0.338. The van der Waals surface area contributed by atoms with Gasteiger partial charge >= 0.3 is 0 Å². The van der Waals surface area contributed by atoms with Crippen molar-refractivity contribution in [2.45, 2.75) is 102 Å². The zero-order chi connectivity index (χ0) is 24.0. The molecule has 0 radical (unpaired) electrons. The Kier molecular flexibility index (Phi) is 8.26. The first-order valence-electron chi connectivity index (χ1n) is 14.3. The average Bonchev–Trinajstić information content (AvgIpc) is 3.03. The highest BCUT2D eigenvalue weighted by Crippen LogP contribution is 2.36. The van der Waals surface area contributed by atoms with Crippen LogP contribution < -0.4 is 11.1 Å². The van der Waals surface area contributed by atoms with Crippen LogP contribution in [0.1, 0.15) is 93.2 Å². The van der Waals surface area contributed by atoms with E-state index in [1.165, 1.54) is 85.5 Å². The number of nitrogens with zero attached hydrogens (tertiary/aromatic N) is 1. The van der Waals surface area contributed by atoms with Gasteiger partial charge in [-0.1, -0.05) is 73.7 Å². The van der Waals surface area contributed by atoms with Crippen molar-refractivity contribution in [3.8, 4) is 0 Å². The monoisotopic (exact) mass is 471 g/mol. The van der Waals surface area contributed by atoms with Gasteiger partial charge in [0.15, 0.2) is 0 Å². The minimum absolute atomic E-state index is 0.410. The number of nitrogens with one attached hydrogen (secondary N) is 1. The molecule has 188 valence electrons.